The Balaban J connectivity index is 2.27. The van der Waals surface area contributed by atoms with Gasteiger partial charge in [-0.2, -0.15) is 0 Å². The Hall–Kier alpha value is -1.84. The van der Waals surface area contributed by atoms with Gasteiger partial charge in [-0.25, -0.2) is 0 Å². The van der Waals surface area contributed by atoms with E-state index in [9.17, 15) is 9.59 Å². The summed E-state index contributed by atoms with van der Waals surface area (Å²) in [5.41, 5.74) is 0.138. The number of hydrogen-bond acceptors (Lipinski definition) is 3. The minimum absolute atomic E-state index is 0.291. The molecule has 0 radical (unpaired) electrons. The SMILES string of the molecule is CCOc1ccc(C(=O)C2(C(=O)O)CC2)cc1C. The summed E-state index contributed by atoms with van der Waals surface area (Å²) in [4.78, 5) is 23.3. The predicted molar refractivity (Wildman–Crippen MR) is 66.0 cm³/mol. The largest absolute Gasteiger partial charge is 0.494 e. The summed E-state index contributed by atoms with van der Waals surface area (Å²) in [7, 11) is 0. The molecule has 96 valence electrons. The van der Waals surface area contributed by atoms with Crippen LogP contribution in [0, 0.1) is 12.3 Å². The monoisotopic (exact) mass is 248 g/mol. The second-order valence-electron chi connectivity index (χ2n) is 4.63. The van der Waals surface area contributed by atoms with Crippen LogP contribution in [0.4, 0.5) is 0 Å². The molecule has 0 aliphatic heterocycles. The molecule has 0 bridgehead atoms. The van der Waals surface area contributed by atoms with E-state index < -0.39 is 11.4 Å². The lowest BCUT2D eigenvalue weighted by atomic mass is 9.94. The number of hydrogen-bond donors (Lipinski definition) is 1. The first-order valence-corrected chi connectivity index (χ1v) is 6.03. The van der Waals surface area contributed by atoms with Gasteiger partial charge in [-0.15, -0.1) is 0 Å². The number of carboxylic acid groups (broad SMARTS) is 1. The molecule has 18 heavy (non-hydrogen) atoms. The van der Waals surface area contributed by atoms with Crippen molar-refractivity contribution in [1.82, 2.24) is 0 Å². The molecule has 1 saturated carbocycles. The van der Waals surface area contributed by atoms with Crippen LogP contribution < -0.4 is 4.74 Å². The summed E-state index contributed by atoms with van der Waals surface area (Å²) in [6.07, 6.45) is 0.876. The second-order valence-corrected chi connectivity index (χ2v) is 4.63. The van der Waals surface area contributed by atoms with Gasteiger partial charge >= 0.3 is 5.97 Å². The molecule has 1 fully saturated rings. The highest BCUT2D eigenvalue weighted by Crippen LogP contribution is 2.48. The van der Waals surface area contributed by atoms with Crippen molar-refractivity contribution in [2.24, 2.45) is 5.41 Å². The Labute approximate surface area is 106 Å². The van der Waals surface area contributed by atoms with Crippen LogP contribution in [0.25, 0.3) is 0 Å². The van der Waals surface area contributed by atoms with Crippen LogP contribution in [0.2, 0.25) is 0 Å². The topological polar surface area (TPSA) is 63.6 Å². The van der Waals surface area contributed by atoms with Gasteiger partial charge in [-0.1, -0.05) is 0 Å². The molecular weight excluding hydrogens is 232 g/mol. The molecule has 0 amide bonds. The first-order valence-electron chi connectivity index (χ1n) is 6.03. The Morgan fingerprint density at radius 3 is 2.50 bits per heavy atom. The van der Waals surface area contributed by atoms with Crippen LogP contribution >= 0.6 is 0 Å². The van der Waals surface area contributed by atoms with Crippen molar-refractivity contribution in [3.8, 4) is 5.75 Å². The van der Waals surface area contributed by atoms with E-state index >= 15 is 0 Å². The van der Waals surface area contributed by atoms with E-state index in [0.29, 0.717) is 25.0 Å². The molecule has 1 aromatic carbocycles. The lowest BCUT2D eigenvalue weighted by Crippen LogP contribution is -2.25. The van der Waals surface area contributed by atoms with Gasteiger partial charge in [-0.05, 0) is 50.5 Å². The van der Waals surface area contributed by atoms with E-state index in [1.165, 1.54) is 0 Å². The molecule has 1 aliphatic carbocycles. The number of Topliss-reactive ketones (excluding diaryl/α,β-unsaturated/α-hetero) is 1. The van der Waals surface area contributed by atoms with Crippen LogP contribution in [0.1, 0.15) is 35.7 Å². The number of ketones is 1. The van der Waals surface area contributed by atoms with E-state index in [4.69, 9.17) is 9.84 Å². The maximum absolute atomic E-state index is 12.2. The van der Waals surface area contributed by atoms with Crippen molar-refractivity contribution in [1.29, 1.82) is 0 Å². The van der Waals surface area contributed by atoms with Crippen molar-refractivity contribution in [2.75, 3.05) is 6.61 Å². The number of rotatable bonds is 5. The molecule has 0 saturated heterocycles. The van der Waals surface area contributed by atoms with E-state index in [1.807, 2.05) is 13.8 Å². The zero-order valence-electron chi connectivity index (χ0n) is 10.5. The molecule has 0 spiro atoms. The molecule has 4 nitrogen and oxygen atoms in total. The van der Waals surface area contributed by atoms with E-state index in [2.05, 4.69) is 0 Å². The maximum Gasteiger partial charge on any atom is 0.317 e. The number of carboxylic acids is 1. The fraction of sp³-hybridized carbons (Fsp3) is 0.429. The summed E-state index contributed by atoms with van der Waals surface area (Å²) in [5.74, 6) is -0.575. The van der Waals surface area contributed by atoms with Gasteiger partial charge in [0.1, 0.15) is 11.2 Å². The lowest BCUT2D eigenvalue weighted by Gasteiger charge is -2.11. The summed E-state index contributed by atoms with van der Waals surface area (Å²) < 4.78 is 5.39. The summed E-state index contributed by atoms with van der Waals surface area (Å²) >= 11 is 0. The number of benzene rings is 1. The zero-order chi connectivity index (χ0) is 13.3. The molecule has 4 heteroatoms. The van der Waals surface area contributed by atoms with Crippen molar-refractivity contribution >= 4 is 11.8 Å². The van der Waals surface area contributed by atoms with E-state index in [0.717, 1.165) is 11.3 Å². The van der Waals surface area contributed by atoms with Crippen molar-refractivity contribution in [2.45, 2.75) is 26.7 Å². The quantitative estimate of drug-likeness (QED) is 0.642. The van der Waals surface area contributed by atoms with Gasteiger partial charge in [0, 0.05) is 5.56 Å². The first kappa shape index (κ1) is 12.6. The fourth-order valence-electron chi connectivity index (χ4n) is 2.05. The third-order valence-corrected chi connectivity index (χ3v) is 3.33. The number of ether oxygens (including phenoxy) is 1. The highest BCUT2D eigenvalue weighted by molar-refractivity contribution is 6.14. The minimum atomic E-state index is -1.17. The highest BCUT2D eigenvalue weighted by atomic mass is 16.5. The third-order valence-electron chi connectivity index (χ3n) is 3.33. The molecule has 0 heterocycles. The van der Waals surface area contributed by atoms with Crippen molar-refractivity contribution < 1.29 is 19.4 Å². The van der Waals surface area contributed by atoms with Gasteiger partial charge < -0.3 is 9.84 Å². The molecule has 1 aromatic rings. The van der Waals surface area contributed by atoms with Gasteiger partial charge in [0.2, 0.25) is 0 Å². The number of aliphatic carboxylic acids is 1. The van der Waals surface area contributed by atoms with Gasteiger partial charge in [0.25, 0.3) is 0 Å². The molecule has 0 unspecified atom stereocenters. The molecule has 2 rings (SSSR count). The Morgan fingerprint density at radius 1 is 1.39 bits per heavy atom. The first-order chi connectivity index (χ1) is 8.51. The molecule has 1 aliphatic rings. The number of carbonyl (C=O) groups excluding carboxylic acids is 1. The Kier molecular flexibility index (Phi) is 3.11. The average molecular weight is 248 g/mol. The van der Waals surface area contributed by atoms with Crippen molar-refractivity contribution in [3.63, 3.8) is 0 Å². The number of carbonyl (C=O) groups is 2. The lowest BCUT2D eigenvalue weighted by molar-refractivity contribution is -0.141. The van der Waals surface area contributed by atoms with Gasteiger partial charge in [0.05, 0.1) is 6.61 Å². The van der Waals surface area contributed by atoms with Crippen LogP contribution in [-0.2, 0) is 4.79 Å². The molecule has 1 N–H and O–H groups in total. The van der Waals surface area contributed by atoms with Gasteiger partial charge in [-0.3, -0.25) is 9.59 Å². The van der Waals surface area contributed by atoms with E-state index in [-0.39, 0.29) is 5.78 Å². The van der Waals surface area contributed by atoms with Crippen LogP contribution in [-0.4, -0.2) is 23.5 Å². The van der Waals surface area contributed by atoms with Crippen LogP contribution in [0.5, 0.6) is 5.75 Å². The van der Waals surface area contributed by atoms with Crippen molar-refractivity contribution in [3.05, 3.63) is 29.3 Å². The minimum Gasteiger partial charge on any atom is -0.494 e. The predicted octanol–water partition coefficient (Wildman–Crippen LogP) is 2.44. The second kappa shape index (κ2) is 4.44. The maximum atomic E-state index is 12.2. The average Bonchev–Trinajstić information content (AvgIpc) is 3.12. The normalized spacial score (nSPS) is 16.1. The highest BCUT2D eigenvalue weighted by Gasteiger charge is 2.56. The van der Waals surface area contributed by atoms with Crippen LogP contribution in [0.15, 0.2) is 18.2 Å². The Morgan fingerprint density at radius 2 is 2.06 bits per heavy atom. The van der Waals surface area contributed by atoms with E-state index in [1.54, 1.807) is 18.2 Å². The summed E-state index contributed by atoms with van der Waals surface area (Å²) in [6, 6.07) is 5.07. The van der Waals surface area contributed by atoms with Gasteiger partial charge in [0.15, 0.2) is 5.78 Å². The summed E-state index contributed by atoms with van der Waals surface area (Å²) in [5, 5.41) is 9.10. The smallest absolute Gasteiger partial charge is 0.317 e. The summed E-state index contributed by atoms with van der Waals surface area (Å²) in [6.45, 7) is 4.30. The molecule has 0 aromatic heterocycles. The number of aryl methyl sites for hydroxylation is 1. The third kappa shape index (κ3) is 1.98. The fourth-order valence-corrected chi connectivity index (χ4v) is 2.05. The molecular formula is C14H16O4. The van der Waals surface area contributed by atoms with Crippen LogP contribution in [0.3, 0.4) is 0 Å². The molecule has 0 atom stereocenters. The Bertz CT molecular complexity index is 501. The zero-order valence-corrected chi connectivity index (χ0v) is 10.5. The standard InChI is InChI=1S/C14H16O4/c1-3-18-11-5-4-10(8-9(11)2)12(15)14(6-7-14)13(16)17/h4-5,8H,3,6-7H2,1-2H3,(H,16,17).